The van der Waals surface area contributed by atoms with Crippen LogP contribution < -0.4 is 5.73 Å². The fraction of sp³-hybridized carbons (Fsp3) is 0.333. The molecule has 0 aliphatic heterocycles. The van der Waals surface area contributed by atoms with E-state index in [0.717, 1.165) is 6.07 Å². The zero-order chi connectivity index (χ0) is 10.0. The average molecular weight is 204 g/mol. The molecule has 0 aromatic heterocycles. The molecule has 1 aromatic carbocycles. The summed E-state index contributed by atoms with van der Waals surface area (Å²) in [5.41, 5.74) is 6.10. The van der Waals surface area contributed by atoms with Crippen molar-refractivity contribution in [2.24, 2.45) is 5.73 Å². The normalized spacial score (nSPS) is 12.9. The molecule has 3 N–H and O–H groups in total. The number of phenolic OH excluding ortho intramolecular Hbond substituents is 1. The molecule has 0 spiro atoms. The largest absolute Gasteiger partial charge is 0.508 e. The fourth-order valence-corrected chi connectivity index (χ4v) is 1.27. The highest BCUT2D eigenvalue weighted by molar-refractivity contribution is 6.30. The van der Waals surface area contributed by atoms with Crippen molar-refractivity contribution in [3.05, 3.63) is 28.5 Å². The monoisotopic (exact) mass is 203 g/mol. The molecular formula is C9H11ClFNO. The van der Waals surface area contributed by atoms with Gasteiger partial charge in [0.1, 0.15) is 11.6 Å². The van der Waals surface area contributed by atoms with Gasteiger partial charge in [-0.25, -0.2) is 4.39 Å². The molecule has 0 amide bonds. The lowest BCUT2D eigenvalue weighted by Crippen LogP contribution is -2.17. The highest BCUT2D eigenvalue weighted by Gasteiger charge is 2.08. The van der Waals surface area contributed by atoms with Crippen LogP contribution in [0.4, 0.5) is 4.39 Å². The molecule has 0 fully saturated rings. The van der Waals surface area contributed by atoms with E-state index in [1.165, 1.54) is 6.07 Å². The van der Waals surface area contributed by atoms with Gasteiger partial charge in [0.2, 0.25) is 0 Å². The first-order chi connectivity index (χ1) is 6.00. The van der Waals surface area contributed by atoms with Crippen LogP contribution in [-0.2, 0) is 6.42 Å². The fourth-order valence-electron chi connectivity index (χ4n) is 1.09. The summed E-state index contributed by atoms with van der Waals surface area (Å²) in [4.78, 5) is 0. The maximum absolute atomic E-state index is 12.8. The van der Waals surface area contributed by atoms with Gasteiger partial charge in [0, 0.05) is 12.1 Å². The first-order valence-electron chi connectivity index (χ1n) is 3.93. The summed E-state index contributed by atoms with van der Waals surface area (Å²) in [6.07, 6.45) is 0.478. The third-order valence-electron chi connectivity index (χ3n) is 1.66. The van der Waals surface area contributed by atoms with Crippen LogP contribution in [0, 0.1) is 5.82 Å². The maximum atomic E-state index is 12.8. The minimum Gasteiger partial charge on any atom is -0.508 e. The molecule has 4 heteroatoms. The van der Waals surface area contributed by atoms with E-state index in [9.17, 15) is 9.50 Å². The number of phenols is 1. The van der Waals surface area contributed by atoms with Crippen molar-refractivity contribution in [2.45, 2.75) is 19.4 Å². The van der Waals surface area contributed by atoms with Crippen LogP contribution >= 0.6 is 11.6 Å². The van der Waals surface area contributed by atoms with Crippen LogP contribution in [-0.4, -0.2) is 11.1 Å². The Morgan fingerprint density at radius 2 is 2.23 bits per heavy atom. The van der Waals surface area contributed by atoms with Gasteiger partial charge in [-0.15, -0.1) is 0 Å². The number of rotatable bonds is 2. The number of hydrogen-bond donors (Lipinski definition) is 2. The molecule has 0 aliphatic carbocycles. The second kappa shape index (κ2) is 3.94. The number of nitrogens with two attached hydrogens (primary N) is 1. The van der Waals surface area contributed by atoms with E-state index in [-0.39, 0.29) is 16.8 Å². The van der Waals surface area contributed by atoms with Gasteiger partial charge in [0.05, 0.1) is 5.02 Å². The van der Waals surface area contributed by atoms with Crippen molar-refractivity contribution in [2.75, 3.05) is 0 Å². The Bertz CT molecular complexity index is 315. The summed E-state index contributed by atoms with van der Waals surface area (Å²) in [6.45, 7) is 1.80. The molecular weight excluding hydrogens is 193 g/mol. The van der Waals surface area contributed by atoms with Crippen LogP contribution in [0.25, 0.3) is 0 Å². The van der Waals surface area contributed by atoms with Crippen molar-refractivity contribution < 1.29 is 9.50 Å². The number of aromatic hydroxyl groups is 1. The first kappa shape index (κ1) is 10.3. The summed E-state index contributed by atoms with van der Waals surface area (Å²) in [7, 11) is 0. The Balaban J connectivity index is 3.01. The van der Waals surface area contributed by atoms with Gasteiger partial charge in [0.15, 0.2) is 0 Å². The van der Waals surface area contributed by atoms with Crippen molar-refractivity contribution in [1.29, 1.82) is 0 Å². The number of benzene rings is 1. The quantitative estimate of drug-likeness (QED) is 0.773. The standard InChI is InChI=1S/C9H11ClFNO/c1-5(12)2-6-3-7(10)8(11)4-9(6)13/h3-5,13H,2,12H2,1H3. The topological polar surface area (TPSA) is 46.2 Å². The van der Waals surface area contributed by atoms with E-state index in [1.54, 1.807) is 6.92 Å². The highest BCUT2D eigenvalue weighted by Crippen LogP contribution is 2.25. The SMILES string of the molecule is CC(N)Cc1cc(Cl)c(F)cc1O. The summed E-state index contributed by atoms with van der Waals surface area (Å²) < 4.78 is 12.8. The zero-order valence-electron chi connectivity index (χ0n) is 7.22. The minimum atomic E-state index is -0.618. The number of hydrogen-bond acceptors (Lipinski definition) is 2. The Kier molecular flexibility index (Phi) is 3.12. The van der Waals surface area contributed by atoms with Crippen molar-refractivity contribution in [3.8, 4) is 5.75 Å². The first-order valence-corrected chi connectivity index (χ1v) is 4.31. The van der Waals surface area contributed by atoms with E-state index in [1.807, 2.05) is 0 Å². The third kappa shape index (κ3) is 2.57. The molecule has 0 saturated heterocycles. The van der Waals surface area contributed by atoms with Crippen LogP contribution in [0.5, 0.6) is 5.75 Å². The molecule has 0 saturated carbocycles. The second-order valence-electron chi connectivity index (χ2n) is 3.08. The lowest BCUT2D eigenvalue weighted by molar-refractivity contribution is 0.459. The molecule has 1 atom stereocenters. The molecule has 0 aliphatic rings. The van der Waals surface area contributed by atoms with E-state index < -0.39 is 5.82 Å². The molecule has 0 bridgehead atoms. The van der Waals surface area contributed by atoms with Crippen LogP contribution in [0.1, 0.15) is 12.5 Å². The van der Waals surface area contributed by atoms with Gasteiger partial charge in [0.25, 0.3) is 0 Å². The van der Waals surface area contributed by atoms with Crippen LogP contribution in [0.3, 0.4) is 0 Å². The summed E-state index contributed by atoms with van der Waals surface area (Å²) in [5, 5.41) is 9.32. The van der Waals surface area contributed by atoms with E-state index in [0.29, 0.717) is 12.0 Å². The average Bonchev–Trinajstić information content (AvgIpc) is 1.99. The van der Waals surface area contributed by atoms with Crippen molar-refractivity contribution in [3.63, 3.8) is 0 Å². The van der Waals surface area contributed by atoms with E-state index in [4.69, 9.17) is 17.3 Å². The lowest BCUT2D eigenvalue weighted by atomic mass is 10.1. The Morgan fingerprint density at radius 3 is 2.77 bits per heavy atom. The van der Waals surface area contributed by atoms with Gasteiger partial charge in [-0.3, -0.25) is 0 Å². The lowest BCUT2D eigenvalue weighted by Gasteiger charge is -2.08. The smallest absolute Gasteiger partial charge is 0.145 e. The second-order valence-corrected chi connectivity index (χ2v) is 3.48. The molecule has 0 radical (unpaired) electrons. The molecule has 13 heavy (non-hydrogen) atoms. The summed E-state index contributed by atoms with van der Waals surface area (Å²) >= 11 is 5.54. The molecule has 1 rings (SSSR count). The highest BCUT2D eigenvalue weighted by atomic mass is 35.5. The Labute approximate surface area is 81.1 Å². The third-order valence-corrected chi connectivity index (χ3v) is 1.95. The van der Waals surface area contributed by atoms with Crippen LogP contribution in [0.2, 0.25) is 5.02 Å². The van der Waals surface area contributed by atoms with Crippen LogP contribution in [0.15, 0.2) is 12.1 Å². The Hall–Kier alpha value is -0.800. The van der Waals surface area contributed by atoms with Gasteiger partial charge < -0.3 is 10.8 Å². The summed E-state index contributed by atoms with van der Waals surface area (Å²) in [5.74, 6) is -0.716. The van der Waals surface area contributed by atoms with E-state index >= 15 is 0 Å². The van der Waals surface area contributed by atoms with Gasteiger partial charge in [-0.05, 0) is 25.0 Å². The predicted molar refractivity (Wildman–Crippen MR) is 50.4 cm³/mol. The van der Waals surface area contributed by atoms with Gasteiger partial charge in [-0.2, -0.15) is 0 Å². The van der Waals surface area contributed by atoms with E-state index in [2.05, 4.69) is 0 Å². The molecule has 0 heterocycles. The zero-order valence-corrected chi connectivity index (χ0v) is 7.98. The minimum absolute atomic E-state index is 0.00782. The Morgan fingerprint density at radius 1 is 1.62 bits per heavy atom. The van der Waals surface area contributed by atoms with Crippen molar-refractivity contribution >= 4 is 11.6 Å². The van der Waals surface area contributed by atoms with Crippen molar-refractivity contribution in [1.82, 2.24) is 0 Å². The maximum Gasteiger partial charge on any atom is 0.145 e. The van der Waals surface area contributed by atoms with Gasteiger partial charge in [-0.1, -0.05) is 11.6 Å². The molecule has 2 nitrogen and oxygen atoms in total. The predicted octanol–water partition coefficient (Wildman–Crippen LogP) is 2.07. The summed E-state index contributed by atoms with van der Waals surface area (Å²) in [6, 6.07) is 2.31. The van der Waals surface area contributed by atoms with Gasteiger partial charge >= 0.3 is 0 Å². The number of halogens is 2. The molecule has 72 valence electrons. The molecule has 1 unspecified atom stereocenters. The molecule has 1 aromatic rings.